The van der Waals surface area contributed by atoms with Gasteiger partial charge in [-0.25, -0.2) is 4.79 Å². The van der Waals surface area contributed by atoms with E-state index in [1.165, 1.54) is 5.56 Å². The van der Waals surface area contributed by atoms with E-state index in [1.807, 2.05) is 38.1 Å². The summed E-state index contributed by atoms with van der Waals surface area (Å²) in [5.74, 6) is 0. The number of H-pyrrole nitrogens is 1. The molecule has 0 unspecified atom stereocenters. The Morgan fingerprint density at radius 3 is 2.81 bits per heavy atom. The van der Waals surface area contributed by atoms with Crippen LogP contribution in [0.3, 0.4) is 0 Å². The summed E-state index contributed by atoms with van der Waals surface area (Å²) >= 11 is 0. The molecular formula is C15H22N3O3+. The number of benzene rings is 1. The second-order valence-electron chi connectivity index (χ2n) is 4.83. The highest BCUT2D eigenvalue weighted by molar-refractivity contribution is 5.26. The van der Waals surface area contributed by atoms with Crippen molar-refractivity contribution in [3.8, 4) is 5.69 Å². The van der Waals surface area contributed by atoms with Crippen LogP contribution in [0.25, 0.3) is 5.69 Å². The van der Waals surface area contributed by atoms with E-state index in [0.29, 0.717) is 12.2 Å². The second kappa shape index (κ2) is 7.75. The molecule has 2 aromatic rings. The predicted molar refractivity (Wildman–Crippen MR) is 78.4 cm³/mol. The van der Waals surface area contributed by atoms with Gasteiger partial charge in [0.05, 0.1) is 6.54 Å². The number of aryl methyl sites for hydroxylation is 1. The van der Waals surface area contributed by atoms with Crippen molar-refractivity contribution >= 4 is 0 Å². The molecule has 0 atom stereocenters. The first-order chi connectivity index (χ1) is 10.2. The summed E-state index contributed by atoms with van der Waals surface area (Å²) in [5, 5.41) is 5.86. The van der Waals surface area contributed by atoms with Gasteiger partial charge in [0.25, 0.3) is 0 Å². The van der Waals surface area contributed by atoms with Gasteiger partial charge in [0, 0.05) is 25.3 Å². The van der Waals surface area contributed by atoms with E-state index < -0.39 is 0 Å². The molecule has 0 aliphatic heterocycles. The smallest absolute Gasteiger partial charge is 0.382 e. The molecule has 1 heterocycles. The minimum absolute atomic E-state index is 0.354. The van der Waals surface area contributed by atoms with Gasteiger partial charge in [-0.15, -0.1) is 0 Å². The minimum Gasteiger partial charge on any atom is -0.382 e. The fourth-order valence-corrected chi connectivity index (χ4v) is 2.00. The molecule has 0 saturated carbocycles. The maximum absolute atomic E-state index is 11.8. The Labute approximate surface area is 123 Å². The van der Waals surface area contributed by atoms with Crippen LogP contribution >= 0.6 is 0 Å². The molecule has 1 aromatic carbocycles. The van der Waals surface area contributed by atoms with Crippen LogP contribution in [0.1, 0.15) is 24.6 Å². The lowest BCUT2D eigenvalue weighted by Gasteiger charge is -2.01. The predicted octanol–water partition coefficient (Wildman–Crippen LogP) is 1.07. The van der Waals surface area contributed by atoms with Crippen molar-refractivity contribution in [2.24, 2.45) is 0 Å². The zero-order valence-electron chi connectivity index (χ0n) is 12.5. The fraction of sp³-hybridized carbons (Fsp3) is 0.467. The Morgan fingerprint density at radius 1 is 1.33 bits per heavy atom. The molecule has 0 spiro atoms. The lowest BCUT2D eigenvalue weighted by atomic mass is 10.2. The van der Waals surface area contributed by atoms with Gasteiger partial charge in [0.15, 0.2) is 0 Å². The van der Waals surface area contributed by atoms with Gasteiger partial charge in [-0.2, -0.15) is 0 Å². The molecule has 114 valence electrons. The quantitative estimate of drug-likeness (QED) is 0.564. The number of rotatable bonds is 8. The molecule has 6 nitrogen and oxygen atoms in total. The standard InChI is InChI=1S/C15H21N3O3/c1-3-20-10-4-9-16-11-14-15(19)21-17-18(14)13-7-5-12(2)6-8-13/h5-8,16H,3-4,9-11H2,1-2H3/p+1. The Hall–Kier alpha value is -1.92. The first kappa shape index (κ1) is 15.5. The van der Waals surface area contributed by atoms with E-state index in [9.17, 15) is 4.79 Å². The molecule has 0 fully saturated rings. The number of nitrogens with one attached hydrogen (secondary N) is 2. The topological polar surface area (TPSA) is 71.1 Å². The van der Waals surface area contributed by atoms with Crippen LogP contribution in [0.2, 0.25) is 0 Å². The molecule has 0 aliphatic rings. The first-order valence-electron chi connectivity index (χ1n) is 7.20. The molecule has 0 saturated heterocycles. The van der Waals surface area contributed by atoms with Gasteiger partial charge in [0.1, 0.15) is 0 Å². The summed E-state index contributed by atoms with van der Waals surface area (Å²) in [7, 11) is 0. The van der Waals surface area contributed by atoms with Crippen molar-refractivity contribution in [2.45, 2.75) is 26.8 Å². The van der Waals surface area contributed by atoms with Crippen LogP contribution < -0.4 is 15.6 Å². The SMILES string of the molecule is CCOCCCNCc1c(=O)o[nH][n+]1-c1ccc(C)cc1. The first-order valence-corrected chi connectivity index (χ1v) is 7.20. The normalized spacial score (nSPS) is 11.0. The molecule has 0 bridgehead atoms. The van der Waals surface area contributed by atoms with Crippen LogP contribution in [0.5, 0.6) is 0 Å². The summed E-state index contributed by atoms with van der Waals surface area (Å²) in [6.45, 7) is 6.69. The third kappa shape index (κ3) is 4.27. The van der Waals surface area contributed by atoms with Gasteiger partial charge in [-0.05, 0) is 36.8 Å². The molecule has 2 rings (SSSR count). The molecule has 6 heteroatoms. The van der Waals surface area contributed by atoms with Crippen molar-refractivity contribution < 1.29 is 13.9 Å². The van der Waals surface area contributed by atoms with Crippen LogP contribution in [0.4, 0.5) is 0 Å². The summed E-state index contributed by atoms with van der Waals surface area (Å²) in [6, 6.07) is 7.87. The number of nitrogens with zero attached hydrogens (tertiary/aromatic N) is 1. The summed E-state index contributed by atoms with van der Waals surface area (Å²) in [5.41, 5.74) is 2.24. The molecule has 0 aliphatic carbocycles. The van der Waals surface area contributed by atoms with Crippen molar-refractivity contribution in [3.05, 3.63) is 45.9 Å². The molecule has 2 N–H and O–H groups in total. The van der Waals surface area contributed by atoms with E-state index in [0.717, 1.165) is 31.9 Å². The van der Waals surface area contributed by atoms with Gasteiger partial charge >= 0.3 is 11.3 Å². The average Bonchev–Trinajstić information content (AvgIpc) is 2.85. The molecular weight excluding hydrogens is 270 g/mol. The maximum atomic E-state index is 11.8. The zero-order valence-corrected chi connectivity index (χ0v) is 12.5. The molecule has 21 heavy (non-hydrogen) atoms. The lowest BCUT2D eigenvalue weighted by Crippen LogP contribution is -2.41. The lowest BCUT2D eigenvalue weighted by molar-refractivity contribution is -0.677. The van der Waals surface area contributed by atoms with E-state index in [4.69, 9.17) is 9.26 Å². The third-order valence-electron chi connectivity index (χ3n) is 3.17. The van der Waals surface area contributed by atoms with Crippen LogP contribution in [-0.4, -0.2) is 25.0 Å². The largest absolute Gasteiger partial charge is 0.431 e. The van der Waals surface area contributed by atoms with Crippen molar-refractivity contribution in [2.75, 3.05) is 19.8 Å². The van der Waals surface area contributed by atoms with Crippen molar-refractivity contribution in [1.29, 1.82) is 0 Å². The minimum atomic E-state index is -0.354. The Balaban J connectivity index is 1.98. The van der Waals surface area contributed by atoms with Gasteiger partial charge in [0.2, 0.25) is 5.69 Å². The van der Waals surface area contributed by atoms with Gasteiger partial charge in [-0.3, -0.25) is 4.52 Å². The third-order valence-corrected chi connectivity index (χ3v) is 3.17. The summed E-state index contributed by atoms with van der Waals surface area (Å²) < 4.78 is 11.8. The average molecular weight is 292 g/mol. The van der Waals surface area contributed by atoms with Crippen LogP contribution in [0.15, 0.2) is 33.6 Å². The van der Waals surface area contributed by atoms with Gasteiger partial charge < -0.3 is 10.1 Å². The van der Waals surface area contributed by atoms with Crippen molar-refractivity contribution in [1.82, 2.24) is 10.6 Å². The summed E-state index contributed by atoms with van der Waals surface area (Å²) in [6.07, 6.45) is 0.911. The number of hydrogen-bond acceptors (Lipinski definition) is 4. The zero-order chi connectivity index (χ0) is 15.1. The Bertz CT molecular complexity index is 601. The molecule has 0 radical (unpaired) electrons. The van der Waals surface area contributed by atoms with E-state index in [1.54, 1.807) is 4.68 Å². The fourth-order valence-electron chi connectivity index (χ4n) is 2.00. The highest BCUT2D eigenvalue weighted by Crippen LogP contribution is 2.02. The van der Waals surface area contributed by atoms with E-state index in [-0.39, 0.29) is 5.63 Å². The number of aromatic amines is 1. The number of ether oxygens (including phenoxy) is 1. The van der Waals surface area contributed by atoms with Crippen molar-refractivity contribution in [3.63, 3.8) is 0 Å². The molecule has 0 amide bonds. The number of hydrogen-bond donors (Lipinski definition) is 2. The highest BCUT2D eigenvalue weighted by atomic mass is 16.5. The van der Waals surface area contributed by atoms with Crippen LogP contribution in [-0.2, 0) is 11.3 Å². The Morgan fingerprint density at radius 2 is 2.10 bits per heavy atom. The van der Waals surface area contributed by atoms with E-state index >= 15 is 0 Å². The summed E-state index contributed by atoms with van der Waals surface area (Å²) in [4.78, 5) is 11.8. The maximum Gasteiger partial charge on any atom is 0.431 e. The van der Waals surface area contributed by atoms with Gasteiger partial charge in [-0.1, -0.05) is 17.7 Å². The van der Waals surface area contributed by atoms with E-state index in [2.05, 4.69) is 10.6 Å². The number of aromatic nitrogens is 2. The molecule has 1 aromatic heterocycles. The highest BCUT2D eigenvalue weighted by Gasteiger charge is 2.22. The van der Waals surface area contributed by atoms with Crippen LogP contribution in [0, 0.1) is 6.92 Å². The Kier molecular flexibility index (Phi) is 5.71. The second-order valence-corrected chi connectivity index (χ2v) is 4.83. The monoisotopic (exact) mass is 292 g/mol.